The molecular formula is C25H24N2O2. The summed E-state index contributed by atoms with van der Waals surface area (Å²) < 4.78 is 0. The molecule has 0 radical (unpaired) electrons. The Hall–Kier alpha value is -3.40. The lowest BCUT2D eigenvalue weighted by Crippen LogP contribution is -2.45. The van der Waals surface area contributed by atoms with Gasteiger partial charge in [0.1, 0.15) is 6.04 Å². The van der Waals surface area contributed by atoms with Gasteiger partial charge in [-0.15, -0.1) is 0 Å². The summed E-state index contributed by atoms with van der Waals surface area (Å²) in [4.78, 5) is 28.2. The highest BCUT2D eigenvalue weighted by molar-refractivity contribution is 6.04. The number of hydrogen-bond donors (Lipinski definition) is 1. The lowest BCUT2D eigenvalue weighted by atomic mass is 10.0. The van der Waals surface area contributed by atoms with Crippen molar-refractivity contribution >= 4 is 17.5 Å². The van der Waals surface area contributed by atoms with Crippen molar-refractivity contribution in [2.45, 2.75) is 32.9 Å². The van der Waals surface area contributed by atoms with Gasteiger partial charge in [-0.3, -0.25) is 9.59 Å². The first kappa shape index (κ1) is 18.9. The van der Waals surface area contributed by atoms with Crippen molar-refractivity contribution < 1.29 is 9.59 Å². The Labute approximate surface area is 171 Å². The number of benzene rings is 3. The minimum atomic E-state index is -0.587. The van der Waals surface area contributed by atoms with E-state index in [1.54, 1.807) is 4.90 Å². The van der Waals surface area contributed by atoms with Gasteiger partial charge < -0.3 is 10.2 Å². The highest BCUT2D eigenvalue weighted by Crippen LogP contribution is 2.27. The molecule has 1 heterocycles. The molecule has 1 atom stereocenters. The third-order valence-electron chi connectivity index (χ3n) is 5.53. The average Bonchev–Trinajstić information content (AvgIpc) is 3.06. The monoisotopic (exact) mass is 384 g/mol. The number of anilines is 1. The number of amides is 2. The second-order valence-corrected chi connectivity index (χ2v) is 7.55. The molecule has 4 nitrogen and oxygen atoms in total. The van der Waals surface area contributed by atoms with Crippen LogP contribution in [0.15, 0.2) is 72.8 Å². The third-order valence-corrected chi connectivity index (χ3v) is 5.53. The van der Waals surface area contributed by atoms with Crippen molar-refractivity contribution in [2.75, 3.05) is 5.32 Å². The molecular weight excluding hydrogens is 360 g/mol. The molecule has 1 aliphatic rings. The molecule has 0 saturated heterocycles. The van der Waals surface area contributed by atoms with Crippen LogP contribution in [-0.4, -0.2) is 22.8 Å². The molecule has 29 heavy (non-hydrogen) atoms. The number of fused-ring (bicyclic) bond motifs is 1. The summed E-state index contributed by atoms with van der Waals surface area (Å²) in [5.41, 5.74) is 5.51. The first-order valence-electron chi connectivity index (χ1n) is 9.84. The van der Waals surface area contributed by atoms with Gasteiger partial charge in [0.05, 0.1) is 0 Å². The van der Waals surface area contributed by atoms with E-state index >= 15 is 0 Å². The lowest BCUT2D eigenvalue weighted by molar-refractivity contribution is -0.120. The van der Waals surface area contributed by atoms with Crippen molar-refractivity contribution in [3.63, 3.8) is 0 Å². The van der Waals surface area contributed by atoms with Crippen molar-refractivity contribution in [3.05, 3.63) is 101 Å². The van der Waals surface area contributed by atoms with Crippen LogP contribution < -0.4 is 5.32 Å². The fraction of sp³-hybridized carbons (Fsp3) is 0.200. The number of rotatable bonds is 5. The number of hydrogen-bond acceptors (Lipinski definition) is 2. The lowest BCUT2D eigenvalue weighted by Gasteiger charge is -2.27. The van der Waals surface area contributed by atoms with Crippen molar-refractivity contribution in [1.82, 2.24) is 4.90 Å². The predicted octanol–water partition coefficient (Wildman–Crippen LogP) is 4.51. The van der Waals surface area contributed by atoms with Crippen LogP contribution >= 0.6 is 0 Å². The van der Waals surface area contributed by atoms with Crippen LogP contribution in [0.3, 0.4) is 0 Å². The maximum Gasteiger partial charge on any atom is 0.255 e. The molecule has 1 unspecified atom stereocenters. The van der Waals surface area contributed by atoms with Gasteiger partial charge in [-0.25, -0.2) is 0 Å². The molecule has 3 aromatic carbocycles. The summed E-state index contributed by atoms with van der Waals surface area (Å²) in [5.74, 6) is -0.245. The maximum absolute atomic E-state index is 13.4. The molecule has 0 bridgehead atoms. The fourth-order valence-corrected chi connectivity index (χ4v) is 3.93. The van der Waals surface area contributed by atoms with Gasteiger partial charge in [-0.1, -0.05) is 66.7 Å². The highest BCUT2D eigenvalue weighted by Gasteiger charge is 2.36. The van der Waals surface area contributed by atoms with E-state index in [4.69, 9.17) is 0 Å². The minimum Gasteiger partial charge on any atom is -0.324 e. The number of nitrogens with zero attached hydrogens (tertiary/aromatic N) is 1. The Balaban J connectivity index is 1.66. The predicted molar refractivity (Wildman–Crippen MR) is 115 cm³/mol. The summed E-state index contributed by atoms with van der Waals surface area (Å²) in [5, 5.41) is 3.09. The molecule has 2 amide bonds. The number of carbonyl (C=O) groups excluding carboxylic acids is 2. The molecule has 0 spiro atoms. The highest BCUT2D eigenvalue weighted by atomic mass is 16.2. The van der Waals surface area contributed by atoms with Crippen LogP contribution in [0.1, 0.15) is 32.6 Å². The van der Waals surface area contributed by atoms with Crippen LogP contribution in [0.5, 0.6) is 0 Å². The number of carbonyl (C=O) groups is 2. The van der Waals surface area contributed by atoms with E-state index in [0.717, 1.165) is 27.9 Å². The summed E-state index contributed by atoms with van der Waals surface area (Å²) in [6.07, 6.45) is 0.470. The Kier molecular flexibility index (Phi) is 5.17. The van der Waals surface area contributed by atoms with Crippen LogP contribution in [0, 0.1) is 13.8 Å². The van der Waals surface area contributed by atoms with Gasteiger partial charge in [0.15, 0.2) is 0 Å². The van der Waals surface area contributed by atoms with Crippen molar-refractivity contribution in [2.24, 2.45) is 0 Å². The van der Waals surface area contributed by atoms with Crippen LogP contribution in [0.4, 0.5) is 5.69 Å². The third kappa shape index (κ3) is 3.79. The zero-order valence-electron chi connectivity index (χ0n) is 16.7. The van der Waals surface area contributed by atoms with Gasteiger partial charge >= 0.3 is 0 Å². The van der Waals surface area contributed by atoms with E-state index in [0.29, 0.717) is 18.5 Å². The van der Waals surface area contributed by atoms with Crippen LogP contribution in [0.2, 0.25) is 0 Å². The summed E-state index contributed by atoms with van der Waals surface area (Å²) >= 11 is 0. The summed E-state index contributed by atoms with van der Waals surface area (Å²) in [6, 6.07) is 22.8. The number of para-hydroxylation sites is 1. The Bertz CT molecular complexity index is 1040. The SMILES string of the molecule is Cc1cccc(C)c1NC(=O)C(Cc1ccccc1)N1Cc2ccccc2C1=O. The zero-order chi connectivity index (χ0) is 20.4. The summed E-state index contributed by atoms with van der Waals surface area (Å²) in [7, 11) is 0. The van der Waals surface area contributed by atoms with E-state index in [1.807, 2.05) is 86.6 Å². The zero-order valence-corrected chi connectivity index (χ0v) is 16.7. The fourth-order valence-electron chi connectivity index (χ4n) is 3.93. The molecule has 1 aliphatic heterocycles. The molecule has 146 valence electrons. The second kappa shape index (κ2) is 7.92. The molecule has 3 aromatic rings. The molecule has 0 aliphatic carbocycles. The number of aryl methyl sites for hydroxylation is 2. The van der Waals surface area contributed by atoms with Gasteiger partial charge in [0, 0.05) is 24.2 Å². The van der Waals surface area contributed by atoms with Crippen LogP contribution in [-0.2, 0) is 17.8 Å². The standard InChI is InChI=1S/C25H24N2O2/c1-17-9-8-10-18(2)23(17)26-24(28)22(15-19-11-4-3-5-12-19)27-16-20-13-6-7-14-21(20)25(27)29/h3-14,22H,15-16H2,1-2H3,(H,26,28). The molecule has 1 N–H and O–H groups in total. The minimum absolute atomic E-state index is 0.0850. The molecule has 4 heteroatoms. The Morgan fingerprint density at radius 1 is 0.931 bits per heavy atom. The molecule has 0 aromatic heterocycles. The normalized spacial score (nSPS) is 13.9. The topological polar surface area (TPSA) is 49.4 Å². The second-order valence-electron chi connectivity index (χ2n) is 7.55. The van der Waals surface area contributed by atoms with Crippen LogP contribution in [0.25, 0.3) is 0 Å². The summed E-state index contributed by atoms with van der Waals surface area (Å²) in [6.45, 7) is 4.41. The van der Waals surface area contributed by atoms with Gasteiger partial charge in [-0.2, -0.15) is 0 Å². The van der Waals surface area contributed by atoms with E-state index in [2.05, 4.69) is 5.32 Å². The average molecular weight is 384 g/mol. The van der Waals surface area contributed by atoms with Crippen molar-refractivity contribution in [3.8, 4) is 0 Å². The maximum atomic E-state index is 13.4. The van der Waals surface area contributed by atoms with E-state index in [1.165, 1.54) is 0 Å². The van der Waals surface area contributed by atoms with E-state index in [9.17, 15) is 9.59 Å². The molecule has 4 rings (SSSR count). The first-order chi connectivity index (χ1) is 14.0. The number of nitrogens with one attached hydrogen (secondary N) is 1. The largest absolute Gasteiger partial charge is 0.324 e. The van der Waals surface area contributed by atoms with Gasteiger partial charge in [-0.05, 0) is 42.2 Å². The Morgan fingerprint density at radius 2 is 1.59 bits per heavy atom. The molecule has 0 saturated carbocycles. The van der Waals surface area contributed by atoms with E-state index in [-0.39, 0.29) is 11.8 Å². The quantitative estimate of drug-likeness (QED) is 0.704. The first-order valence-corrected chi connectivity index (χ1v) is 9.84. The van der Waals surface area contributed by atoms with Gasteiger partial charge in [0.2, 0.25) is 5.91 Å². The van der Waals surface area contributed by atoms with Crippen molar-refractivity contribution in [1.29, 1.82) is 0 Å². The smallest absolute Gasteiger partial charge is 0.255 e. The van der Waals surface area contributed by atoms with Gasteiger partial charge in [0.25, 0.3) is 5.91 Å². The van der Waals surface area contributed by atoms with E-state index < -0.39 is 6.04 Å². The Morgan fingerprint density at radius 3 is 2.28 bits per heavy atom. The molecule has 0 fully saturated rings.